The fourth-order valence-corrected chi connectivity index (χ4v) is 2.45. The van der Waals surface area contributed by atoms with E-state index in [1.165, 1.54) is 12.1 Å². The van der Waals surface area contributed by atoms with Gasteiger partial charge in [-0.25, -0.2) is 8.78 Å². The minimum Gasteiger partial charge on any atom is -0.466 e. The standard InChI is InChI=1S/C17H19F2NO3/c1-10-7-13(11(2)23-10)17(3,22)9-20-15(21)8-12-5-4-6-14(18)16(12)19/h4-7,22H,8-9H2,1-3H3,(H,20,21). The first-order chi connectivity index (χ1) is 10.7. The lowest BCUT2D eigenvalue weighted by Gasteiger charge is -2.23. The molecular formula is C17H19F2NO3. The quantitative estimate of drug-likeness (QED) is 0.889. The van der Waals surface area contributed by atoms with E-state index in [0.717, 1.165) is 6.07 Å². The number of carbonyl (C=O) groups is 1. The average Bonchev–Trinajstić information content (AvgIpc) is 2.82. The van der Waals surface area contributed by atoms with Gasteiger partial charge in [-0.2, -0.15) is 0 Å². The maximum Gasteiger partial charge on any atom is 0.224 e. The SMILES string of the molecule is Cc1cc(C(C)(O)CNC(=O)Cc2cccc(F)c2F)c(C)o1. The molecule has 1 amide bonds. The van der Waals surface area contributed by atoms with E-state index in [0.29, 0.717) is 17.1 Å². The second kappa shape index (κ2) is 6.50. The molecule has 1 aromatic carbocycles. The van der Waals surface area contributed by atoms with Crippen LogP contribution in [0.25, 0.3) is 0 Å². The smallest absolute Gasteiger partial charge is 0.224 e. The van der Waals surface area contributed by atoms with E-state index in [4.69, 9.17) is 4.42 Å². The lowest BCUT2D eigenvalue weighted by molar-refractivity contribution is -0.121. The molecule has 0 aliphatic carbocycles. The first-order valence-electron chi connectivity index (χ1n) is 7.20. The molecule has 1 atom stereocenters. The summed E-state index contributed by atoms with van der Waals surface area (Å²) in [6.07, 6.45) is -0.303. The summed E-state index contributed by atoms with van der Waals surface area (Å²) in [5, 5.41) is 13.0. The van der Waals surface area contributed by atoms with E-state index in [-0.39, 0.29) is 18.5 Å². The van der Waals surface area contributed by atoms with Crippen LogP contribution in [0.1, 0.15) is 29.6 Å². The van der Waals surface area contributed by atoms with E-state index in [9.17, 15) is 18.7 Å². The van der Waals surface area contributed by atoms with Crippen LogP contribution < -0.4 is 5.32 Å². The largest absolute Gasteiger partial charge is 0.466 e. The van der Waals surface area contributed by atoms with Crippen LogP contribution in [0.5, 0.6) is 0 Å². The summed E-state index contributed by atoms with van der Waals surface area (Å²) in [7, 11) is 0. The molecule has 0 aliphatic rings. The van der Waals surface area contributed by atoms with Crippen molar-refractivity contribution in [2.75, 3.05) is 6.54 Å². The molecule has 0 aliphatic heterocycles. The molecule has 0 bridgehead atoms. The van der Waals surface area contributed by atoms with Crippen molar-refractivity contribution < 1.29 is 23.1 Å². The molecule has 2 N–H and O–H groups in total. The lowest BCUT2D eigenvalue weighted by Crippen LogP contribution is -2.39. The van der Waals surface area contributed by atoms with Gasteiger partial charge in [-0.1, -0.05) is 12.1 Å². The van der Waals surface area contributed by atoms with Crippen LogP contribution >= 0.6 is 0 Å². The van der Waals surface area contributed by atoms with Crippen LogP contribution in [0.2, 0.25) is 0 Å². The molecule has 0 radical (unpaired) electrons. The van der Waals surface area contributed by atoms with Crippen LogP contribution in [-0.2, 0) is 16.8 Å². The Kier molecular flexibility index (Phi) is 4.85. The number of halogens is 2. The monoisotopic (exact) mass is 323 g/mol. The Morgan fingerprint density at radius 3 is 2.65 bits per heavy atom. The molecular weight excluding hydrogens is 304 g/mol. The molecule has 1 unspecified atom stereocenters. The number of amides is 1. The third-order valence-electron chi connectivity index (χ3n) is 3.63. The lowest BCUT2D eigenvalue weighted by atomic mass is 9.96. The third-order valence-corrected chi connectivity index (χ3v) is 3.63. The molecule has 0 fully saturated rings. The number of hydrogen-bond donors (Lipinski definition) is 2. The van der Waals surface area contributed by atoms with Crippen molar-refractivity contribution in [2.45, 2.75) is 32.8 Å². The zero-order valence-electron chi connectivity index (χ0n) is 13.2. The predicted molar refractivity (Wildman–Crippen MR) is 80.8 cm³/mol. The first kappa shape index (κ1) is 17.1. The van der Waals surface area contributed by atoms with Gasteiger partial charge in [-0.05, 0) is 32.9 Å². The average molecular weight is 323 g/mol. The Labute approximate surface area is 133 Å². The molecule has 6 heteroatoms. The summed E-state index contributed by atoms with van der Waals surface area (Å²) in [4.78, 5) is 11.9. The number of aliphatic hydroxyl groups is 1. The van der Waals surface area contributed by atoms with Crippen LogP contribution in [0.3, 0.4) is 0 Å². The fraction of sp³-hybridized carbons (Fsp3) is 0.353. The summed E-state index contributed by atoms with van der Waals surface area (Å²) < 4.78 is 32.0. The van der Waals surface area contributed by atoms with Gasteiger partial charge in [0.15, 0.2) is 11.6 Å². The molecule has 0 saturated carbocycles. The molecule has 1 heterocycles. The van der Waals surface area contributed by atoms with Gasteiger partial charge in [-0.3, -0.25) is 4.79 Å². The fourth-order valence-electron chi connectivity index (χ4n) is 2.45. The zero-order valence-corrected chi connectivity index (χ0v) is 13.2. The Hall–Kier alpha value is -2.21. The molecule has 2 aromatic rings. The summed E-state index contributed by atoms with van der Waals surface area (Å²) in [6, 6.07) is 5.38. The zero-order chi connectivity index (χ0) is 17.2. The Morgan fingerprint density at radius 1 is 1.35 bits per heavy atom. The molecule has 0 spiro atoms. The number of hydrogen-bond acceptors (Lipinski definition) is 3. The molecule has 4 nitrogen and oxygen atoms in total. The summed E-state index contributed by atoms with van der Waals surface area (Å²) in [5.74, 6) is -1.31. The van der Waals surface area contributed by atoms with Gasteiger partial charge < -0.3 is 14.8 Å². The van der Waals surface area contributed by atoms with Crippen LogP contribution in [0.15, 0.2) is 28.7 Å². The molecule has 23 heavy (non-hydrogen) atoms. The van der Waals surface area contributed by atoms with Gasteiger partial charge in [0, 0.05) is 11.1 Å². The van der Waals surface area contributed by atoms with Crippen molar-refractivity contribution in [3.8, 4) is 0 Å². The van der Waals surface area contributed by atoms with E-state index < -0.39 is 23.1 Å². The topological polar surface area (TPSA) is 62.5 Å². The highest BCUT2D eigenvalue weighted by Crippen LogP contribution is 2.26. The second-order valence-electron chi connectivity index (χ2n) is 5.77. The van der Waals surface area contributed by atoms with E-state index in [1.54, 1.807) is 26.8 Å². The van der Waals surface area contributed by atoms with Gasteiger partial charge in [-0.15, -0.1) is 0 Å². The minimum absolute atomic E-state index is 0.0301. The van der Waals surface area contributed by atoms with Crippen molar-refractivity contribution >= 4 is 5.91 Å². The minimum atomic E-state index is -1.32. The van der Waals surface area contributed by atoms with E-state index in [2.05, 4.69) is 5.32 Å². The third kappa shape index (κ3) is 3.96. The molecule has 1 aromatic heterocycles. The van der Waals surface area contributed by atoms with Crippen molar-refractivity contribution in [3.63, 3.8) is 0 Å². The normalized spacial score (nSPS) is 13.7. The number of carbonyl (C=O) groups excluding carboxylic acids is 1. The molecule has 0 saturated heterocycles. The van der Waals surface area contributed by atoms with Gasteiger partial charge >= 0.3 is 0 Å². The van der Waals surface area contributed by atoms with Crippen molar-refractivity contribution in [2.24, 2.45) is 0 Å². The number of aryl methyl sites for hydroxylation is 2. The van der Waals surface area contributed by atoms with Gasteiger partial charge in [0.05, 0.1) is 13.0 Å². The van der Waals surface area contributed by atoms with Gasteiger partial charge in [0.25, 0.3) is 0 Å². The number of furan rings is 1. The summed E-state index contributed by atoms with van der Waals surface area (Å²) in [5.41, 5.74) is -0.775. The summed E-state index contributed by atoms with van der Waals surface area (Å²) in [6.45, 7) is 4.97. The van der Waals surface area contributed by atoms with Crippen LogP contribution in [0.4, 0.5) is 8.78 Å². The van der Waals surface area contributed by atoms with Crippen LogP contribution in [-0.4, -0.2) is 17.6 Å². The Bertz CT molecular complexity index is 723. The Morgan fingerprint density at radius 2 is 2.04 bits per heavy atom. The molecule has 124 valence electrons. The second-order valence-corrected chi connectivity index (χ2v) is 5.77. The van der Waals surface area contributed by atoms with Crippen molar-refractivity contribution in [1.29, 1.82) is 0 Å². The first-order valence-corrected chi connectivity index (χ1v) is 7.20. The maximum absolute atomic E-state index is 13.5. The Balaban J connectivity index is 2.01. The van der Waals surface area contributed by atoms with Crippen molar-refractivity contribution in [3.05, 3.63) is 58.5 Å². The van der Waals surface area contributed by atoms with E-state index in [1.807, 2.05) is 0 Å². The van der Waals surface area contributed by atoms with Crippen molar-refractivity contribution in [1.82, 2.24) is 5.32 Å². The number of nitrogens with one attached hydrogen (secondary N) is 1. The molecule has 2 rings (SSSR count). The van der Waals surface area contributed by atoms with E-state index >= 15 is 0 Å². The maximum atomic E-state index is 13.5. The summed E-state index contributed by atoms with van der Waals surface area (Å²) >= 11 is 0. The van der Waals surface area contributed by atoms with Gasteiger partial charge in [0.1, 0.15) is 17.1 Å². The number of benzene rings is 1. The highest BCUT2D eigenvalue weighted by molar-refractivity contribution is 5.78. The predicted octanol–water partition coefficient (Wildman–Crippen LogP) is 2.74. The number of rotatable bonds is 5. The van der Waals surface area contributed by atoms with Gasteiger partial charge in [0.2, 0.25) is 5.91 Å². The van der Waals surface area contributed by atoms with Crippen LogP contribution in [0, 0.1) is 25.5 Å². The highest BCUT2D eigenvalue weighted by Gasteiger charge is 2.28. The highest BCUT2D eigenvalue weighted by atomic mass is 19.2.